The van der Waals surface area contributed by atoms with Crippen LogP contribution in [-0.4, -0.2) is 0 Å². The van der Waals surface area contributed by atoms with Gasteiger partial charge in [0, 0.05) is 11.7 Å². The van der Waals surface area contributed by atoms with Crippen LogP contribution in [0.4, 0.5) is 5.69 Å². The molecule has 0 radical (unpaired) electrons. The van der Waals surface area contributed by atoms with Gasteiger partial charge < -0.3 is 5.32 Å². The molecule has 0 heterocycles. The van der Waals surface area contributed by atoms with Crippen molar-refractivity contribution in [2.24, 2.45) is 0 Å². The Morgan fingerprint density at radius 1 is 0.882 bits per heavy atom. The molecule has 1 heteroatoms. The number of nitrogens with one attached hydrogen (secondary N) is 1. The Kier molecular flexibility index (Phi) is 3.48. The molecule has 0 aliphatic carbocycles. The number of hydrogen-bond donors (Lipinski definition) is 1. The standard InChI is InChI=1S/C16H19N/c1-12-6-4-8-15(10-12)14(3)17-16-9-5-7-13(2)11-16/h4-11,14,17H,1-3H3. The van der Waals surface area contributed by atoms with Crippen LogP contribution >= 0.6 is 0 Å². The van der Waals surface area contributed by atoms with E-state index in [1.807, 2.05) is 0 Å². The second-order valence-corrected chi connectivity index (χ2v) is 4.65. The summed E-state index contributed by atoms with van der Waals surface area (Å²) < 4.78 is 0. The van der Waals surface area contributed by atoms with Crippen LogP contribution in [0.15, 0.2) is 48.5 Å². The van der Waals surface area contributed by atoms with Crippen molar-refractivity contribution in [3.05, 3.63) is 65.2 Å². The number of hydrogen-bond acceptors (Lipinski definition) is 1. The summed E-state index contributed by atoms with van der Waals surface area (Å²) in [5.74, 6) is 0. The topological polar surface area (TPSA) is 12.0 Å². The molecule has 0 aliphatic rings. The highest BCUT2D eigenvalue weighted by Crippen LogP contribution is 2.20. The average Bonchev–Trinajstić information content (AvgIpc) is 2.29. The summed E-state index contributed by atoms with van der Waals surface area (Å²) in [6.45, 7) is 6.43. The molecule has 88 valence electrons. The van der Waals surface area contributed by atoms with Gasteiger partial charge >= 0.3 is 0 Å². The third-order valence-electron chi connectivity index (χ3n) is 2.94. The molecule has 0 amide bonds. The Bertz CT molecular complexity index is 502. The Hall–Kier alpha value is -1.76. The van der Waals surface area contributed by atoms with Gasteiger partial charge in [0.2, 0.25) is 0 Å². The molecule has 1 unspecified atom stereocenters. The van der Waals surface area contributed by atoms with E-state index in [1.54, 1.807) is 0 Å². The van der Waals surface area contributed by atoms with Gasteiger partial charge in [0.25, 0.3) is 0 Å². The lowest BCUT2D eigenvalue weighted by atomic mass is 10.1. The second-order valence-electron chi connectivity index (χ2n) is 4.65. The Morgan fingerprint density at radius 3 is 2.18 bits per heavy atom. The lowest BCUT2D eigenvalue weighted by Crippen LogP contribution is -2.06. The van der Waals surface area contributed by atoms with Gasteiger partial charge in [-0.25, -0.2) is 0 Å². The molecular weight excluding hydrogens is 206 g/mol. The lowest BCUT2D eigenvalue weighted by Gasteiger charge is -2.16. The summed E-state index contributed by atoms with van der Waals surface area (Å²) in [7, 11) is 0. The van der Waals surface area contributed by atoms with Gasteiger partial charge in [0.15, 0.2) is 0 Å². The molecule has 17 heavy (non-hydrogen) atoms. The van der Waals surface area contributed by atoms with Crippen molar-refractivity contribution in [2.75, 3.05) is 5.32 Å². The van der Waals surface area contributed by atoms with Gasteiger partial charge in [0.1, 0.15) is 0 Å². The van der Waals surface area contributed by atoms with Crippen molar-refractivity contribution in [3.63, 3.8) is 0 Å². The van der Waals surface area contributed by atoms with E-state index in [9.17, 15) is 0 Å². The van der Waals surface area contributed by atoms with Crippen molar-refractivity contribution >= 4 is 5.69 Å². The highest BCUT2D eigenvalue weighted by atomic mass is 14.9. The van der Waals surface area contributed by atoms with Crippen LogP contribution in [0, 0.1) is 13.8 Å². The molecule has 2 aromatic rings. The number of anilines is 1. The van der Waals surface area contributed by atoms with Gasteiger partial charge in [0.05, 0.1) is 0 Å². The third-order valence-corrected chi connectivity index (χ3v) is 2.94. The molecule has 0 saturated heterocycles. The SMILES string of the molecule is Cc1cccc(NC(C)c2cccc(C)c2)c1. The summed E-state index contributed by atoms with van der Waals surface area (Å²) in [5.41, 5.74) is 5.09. The third kappa shape index (κ3) is 3.10. The maximum Gasteiger partial charge on any atom is 0.0485 e. The van der Waals surface area contributed by atoms with E-state index in [1.165, 1.54) is 22.4 Å². The molecule has 0 bridgehead atoms. The van der Waals surface area contributed by atoms with Gasteiger partial charge in [-0.2, -0.15) is 0 Å². The smallest absolute Gasteiger partial charge is 0.0485 e. The van der Waals surface area contributed by atoms with Gasteiger partial charge in [-0.3, -0.25) is 0 Å². The predicted molar refractivity (Wildman–Crippen MR) is 74.4 cm³/mol. The van der Waals surface area contributed by atoms with Crippen molar-refractivity contribution in [1.82, 2.24) is 0 Å². The monoisotopic (exact) mass is 225 g/mol. The quantitative estimate of drug-likeness (QED) is 0.812. The van der Waals surface area contributed by atoms with E-state index >= 15 is 0 Å². The first-order valence-electron chi connectivity index (χ1n) is 6.05. The summed E-state index contributed by atoms with van der Waals surface area (Å²) in [5, 5.41) is 3.53. The van der Waals surface area contributed by atoms with Crippen LogP contribution in [0.2, 0.25) is 0 Å². The second kappa shape index (κ2) is 5.05. The molecule has 0 saturated carbocycles. The molecule has 0 aliphatic heterocycles. The van der Waals surface area contributed by atoms with Gasteiger partial charge in [-0.05, 0) is 44.0 Å². The average molecular weight is 225 g/mol. The molecule has 1 atom stereocenters. The Labute approximate surface area is 103 Å². The highest BCUT2D eigenvalue weighted by molar-refractivity contribution is 5.47. The number of aryl methyl sites for hydroxylation is 2. The lowest BCUT2D eigenvalue weighted by molar-refractivity contribution is 0.882. The van der Waals surface area contributed by atoms with Crippen molar-refractivity contribution in [2.45, 2.75) is 26.8 Å². The summed E-state index contributed by atoms with van der Waals surface area (Å²) in [6.07, 6.45) is 0. The molecule has 1 nitrogen and oxygen atoms in total. The molecule has 2 rings (SSSR count). The van der Waals surface area contributed by atoms with E-state index in [0.717, 1.165) is 0 Å². The maximum absolute atomic E-state index is 3.53. The van der Waals surface area contributed by atoms with E-state index < -0.39 is 0 Å². The van der Waals surface area contributed by atoms with Crippen LogP contribution in [-0.2, 0) is 0 Å². The first-order valence-corrected chi connectivity index (χ1v) is 6.05. The Morgan fingerprint density at radius 2 is 1.53 bits per heavy atom. The minimum Gasteiger partial charge on any atom is -0.379 e. The molecule has 0 fully saturated rings. The van der Waals surface area contributed by atoms with Crippen LogP contribution in [0.25, 0.3) is 0 Å². The molecular formula is C16H19N. The van der Waals surface area contributed by atoms with Crippen LogP contribution in [0.3, 0.4) is 0 Å². The normalized spacial score (nSPS) is 12.2. The molecule has 1 N–H and O–H groups in total. The zero-order valence-corrected chi connectivity index (χ0v) is 10.7. The van der Waals surface area contributed by atoms with Gasteiger partial charge in [-0.15, -0.1) is 0 Å². The largest absolute Gasteiger partial charge is 0.379 e. The zero-order valence-electron chi connectivity index (χ0n) is 10.7. The van der Waals surface area contributed by atoms with Crippen molar-refractivity contribution < 1.29 is 0 Å². The van der Waals surface area contributed by atoms with Crippen molar-refractivity contribution in [1.29, 1.82) is 0 Å². The Balaban J connectivity index is 2.14. The van der Waals surface area contributed by atoms with E-state index in [-0.39, 0.29) is 0 Å². The summed E-state index contributed by atoms with van der Waals surface area (Å²) in [6, 6.07) is 17.4. The number of benzene rings is 2. The van der Waals surface area contributed by atoms with E-state index in [2.05, 4.69) is 74.6 Å². The van der Waals surface area contributed by atoms with E-state index in [0.29, 0.717) is 6.04 Å². The number of rotatable bonds is 3. The first-order chi connectivity index (χ1) is 8.15. The zero-order chi connectivity index (χ0) is 12.3. The molecule has 2 aromatic carbocycles. The first kappa shape index (κ1) is 11.7. The van der Waals surface area contributed by atoms with Crippen LogP contribution in [0.1, 0.15) is 29.7 Å². The van der Waals surface area contributed by atoms with Crippen LogP contribution < -0.4 is 5.32 Å². The maximum atomic E-state index is 3.53. The minimum absolute atomic E-state index is 0.330. The van der Waals surface area contributed by atoms with Crippen LogP contribution in [0.5, 0.6) is 0 Å². The van der Waals surface area contributed by atoms with E-state index in [4.69, 9.17) is 0 Å². The molecule has 0 spiro atoms. The minimum atomic E-state index is 0.330. The summed E-state index contributed by atoms with van der Waals surface area (Å²) in [4.78, 5) is 0. The summed E-state index contributed by atoms with van der Waals surface area (Å²) >= 11 is 0. The molecule has 0 aromatic heterocycles. The fourth-order valence-electron chi connectivity index (χ4n) is 2.01. The van der Waals surface area contributed by atoms with Crippen molar-refractivity contribution in [3.8, 4) is 0 Å². The fraction of sp³-hybridized carbons (Fsp3) is 0.250. The van der Waals surface area contributed by atoms with Gasteiger partial charge in [-0.1, -0.05) is 42.0 Å². The predicted octanol–water partition coefficient (Wildman–Crippen LogP) is 4.48. The fourth-order valence-corrected chi connectivity index (χ4v) is 2.01. The highest BCUT2D eigenvalue weighted by Gasteiger charge is 2.04.